The normalized spacial score (nSPS) is 18.3. The Balaban J connectivity index is 1.64. The van der Waals surface area contributed by atoms with Crippen LogP contribution in [-0.4, -0.2) is 50.2 Å². The highest BCUT2D eigenvalue weighted by atomic mass is 16.5. The topological polar surface area (TPSA) is 41.6 Å². The number of carbonyl (C=O) groups is 1. The van der Waals surface area contributed by atoms with Crippen molar-refractivity contribution in [3.8, 4) is 0 Å². The van der Waals surface area contributed by atoms with Gasteiger partial charge in [0, 0.05) is 26.7 Å². The number of hydrogen-bond acceptors (Lipinski definition) is 3. The monoisotopic (exact) mass is 298 g/mol. The van der Waals surface area contributed by atoms with Crippen LogP contribution in [0.15, 0.2) is 42.5 Å². The fraction of sp³-hybridized carbons (Fsp3) is 0.389. The third kappa shape index (κ3) is 3.29. The average Bonchev–Trinajstić information content (AvgIpc) is 2.59. The number of likely N-dealkylation sites (N-methyl/N-ethyl adjacent to an activating group) is 1. The van der Waals surface area contributed by atoms with Crippen molar-refractivity contribution in [1.82, 2.24) is 10.2 Å². The van der Waals surface area contributed by atoms with E-state index < -0.39 is 0 Å². The Morgan fingerprint density at radius 1 is 1.27 bits per heavy atom. The van der Waals surface area contributed by atoms with Gasteiger partial charge in [0.05, 0.1) is 6.61 Å². The molecule has 0 aromatic heterocycles. The lowest BCUT2D eigenvalue weighted by Crippen LogP contribution is -2.48. The van der Waals surface area contributed by atoms with Crippen LogP contribution in [0.1, 0.15) is 5.56 Å². The van der Waals surface area contributed by atoms with Crippen molar-refractivity contribution in [2.24, 2.45) is 0 Å². The summed E-state index contributed by atoms with van der Waals surface area (Å²) in [6, 6.07) is 14.7. The Kier molecular flexibility index (Phi) is 4.71. The van der Waals surface area contributed by atoms with Crippen molar-refractivity contribution in [2.45, 2.75) is 12.5 Å². The summed E-state index contributed by atoms with van der Waals surface area (Å²) in [5, 5.41) is 5.71. The lowest BCUT2D eigenvalue weighted by Gasteiger charge is -2.27. The number of amides is 1. The number of carbonyl (C=O) groups excluding carboxylic acids is 1. The van der Waals surface area contributed by atoms with Crippen molar-refractivity contribution >= 4 is 16.7 Å². The van der Waals surface area contributed by atoms with E-state index in [1.807, 2.05) is 7.05 Å². The van der Waals surface area contributed by atoms with Gasteiger partial charge in [0.1, 0.15) is 6.10 Å². The third-order valence-electron chi connectivity index (χ3n) is 4.18. The quantitative estimate of drug-likeness (QED) is 0.936. The van der Waals surface area contributed by atoms with E-state index in [1.165, 1.54) is 16.3 Å². The molecule has 1 saturated heterocycles. The Bertz CT molecular complexity index is 645. The largest absolute Gasteiger partial charge is 0.366 e. The summed E-state index contributed by atoms with van der Waals surface area (Å²) in [7, 11) is 1.85. The molecule has 4 nitrogen and oxygen atoms in total. The van der Waals surface area contributed by atoms with Gasteiger partial charge in [-0.1, -0.05) is 42.5 Å². The second-order valence-electron chi connectivity index (χ2n) is 5.71. The molecule has 116 valence electrons. The summed E-state index contributed by atoms with van der Waals surface area (Å²) in [6.07, 6.45) is 0.510. The molecule has 22 heavy (non-hydrogen) atoms. The standard InChI is InChI=1S/C18H22N2O2/c1-20(18(21)17-13-19-10-12-22-17)11-9-15-7-4-6-14-5-2-3-8-16(14)15/h2-8,17,19H,9-13H2,1H3. The first-order valence-electron chi connectivity index (χ1n) is 7.79. The van der Waals surface area contributed by atoms with Gasteiger partial charge in [0.25, 0.3) is 5.91 Å². The van der Waals surface area contributed by atoms with Crippen LogP contribution in [0, 0.1) is 0 Å². The van der Waals surface area contributed by atoms with E-state index in [1.54, 1.807) is 4.90 Å². The Hall–Kier alpha value is -1.91. The minimum Gasteiger partial charge on any atom is -0.366 e. The highest BCUT2D eigenvalue weighted by Gasteiger charge is 2.24. The van der Waals surface area contributed by atoms with Gasteiger partial charge in [0.2, 0.25) is 0 Å². The van der Waals surface area contributed by atoms with Gasteiger partial charge in [-0.15, -0.1) is 0 Å². The zero-order chi connectivity index (χ0) is 15.4. The van der Waals surface area contributed by atoms with Crippen LogP contribution in [-0.2, 0) is 16.0 Å². The van der Waals surface area contributed by atoms with E-state index in [-0.39, 0.29) is 12.0 Å². The summed E-state index contributed by atoms with van der Waals surface area (Å²) in [5.41, 5.74) is 1.28. The highest BCUT2D eigenvalue weighted by Crippen LogP contribution is 2.19. The molecule has 1 heterocycles. The van der Waals surface area contributed by atoms with Crippen molar-refractivity contribution in [2.75, 3.05) is 33.3 Å². The smallest absolute Gasteiger partial charge is 0.252 e. The second kappa shape index (κ2) is 6.90. The number of rotatable bonds is 4. The molecule has 0 saturated carbocycles. The van der Waals surface area contributed by atoms with Crippen LogP contribution in [0.5, 0.6) is 0 Å². The van der Waals surface area contributed by atoms with E-state index in [0.717, 1.165) is 13.0 Å². The van der Waals surface area contributed by atoms with Gasteiger partial charge in [-0.2, -0.15) is 0 Å². The molecule has 1 unspecified atom stereocenters. The molecule has 0 spiro atoms. The van der Waals surface area contributed by atoms with E-state index >= 15 is 0 Å². The molecule has 1 aliphatic rings. The molecule has 1 amide bonds. The summed E-state index contributed by atoms with van der Waals surface area (Å²) < 4.78 is 5.53. The first-order chi connectivity index (χ1) is 10.8. The molecular formula is C18H22N2O2. The number of hydrogen-bond donors (Lipinski definition) is 1. The maximum Gasteiger partial charge on any atom is 0.252 e. The van der Waals surface area contributed by atoms with Crippen molar-refractivity contribution in [3.63, 3.8) is 0 Å². The predicted molar refractivity (Wildman–Crippen MR) is 87.9 cm³/mol. The molecule has 2 aromatic carbocycles. The second-order valence-corrected chi connectivity index (χ2v) is 5.71. The van der Waals surface area contributed by atoms with Crippen LogP contribution < -0.4 is 5.32 Å². The third-order valence-corrected chi connectivity index (χ3v) is 4.18. The molecule has 0 aliphatic carbocycles. The molecule has 1 fully saturated rings. The zero-order valence-electron chi connectivity index (χ0n) is 12.9. The Labute approximate surface area is 131 Å². The van der Waals surface area contributed by atoms with E-state index in [0.29, 0.717) is 19.7 Å². The first-order valence-corrected chi connectivity index (χ1v) is 7.79. The minimum absolute atomic E-state index is 0.0624. The number of nitrogens with zero attached hydrogens (tertiary/aromatic N) is 1. The number of ether oxygens (including phenoxy) is 1. The highest BCUT2D eigenvalue weighted by molar-refractivity contribution is 5.86. The molecular weight excluding hydrogens is 276 g/mol. The van der Waals surface area contributed by atoms with Gasteiger partial charge < -0.3 is 15.0 Å². The van der Waals surface area contributed by atoms with Crippen molar-refractivity contribution < 1.29 is 9.53 Å². The van der Waals surface area contributed by atoms with Crippen LogP contribution in [0.3, 0.4) is 0 Å². The summed E-state index contributed by atoms with van der Waals surface area (Å²) in [6.45, 7) is 2.74. The fourth-order valence-electron chi connectivity index (χ4n) is 2.88. The molecule has 4 heteroatoms. The van der Waals surface area contributed by atoms with Gasteiger partial charge in [-0.25, -0.2) is 0 Å². The van der Waals surface area contributed by atoms with Crippen molar-refractivity contribution in [1.29, 1.82) is 0 Å². The van der Waals surface area contributed by atoms with Crippen LogP contribution >= 0.6 is 0 Å². The van der Waals surface area contributed by atoms with Crippen LogP contribution in [0.4, 0.5) is 0 Å². The summed E-state index contributed by atoms with van der Waals surface area (Å²) >= 11 is 0. The Morgan fingerprint density at radius 2 is 2.09 bits per heavy atom. The molecule has 0 radical (unpaired) electrons. The van der Waals surface area contributed by atoms with E-state index in [9.17, 15) is 4.79 Å². The van der Waals surface area contributed by atoms with Gasteiger partial charge >= 0.3 is 0 Å². The molecule has 3 rings (SSSR count). The van der Waals surface area contributed by atoms with Crippen LogP contribution in [0.25, 0.3) is 10.8 Å². The van der Waals surface area contributed by atoms with E-state index in [4.69, 9.17) is 4.74 Å². The summed E-state index contributed by atoms with van der Waals surface area (Å²) in [4.78, 5) is 14.1. The van der Waals surface area contributed by atoms with Gasteiger partial charge in [-0.05, 0) is 22.8 Å². The maximum absolute atomic E-state index is 12.3. The number of morpholine rings is 1. The average molecular weight is 298 g/mol. The van der Waals surface area contributed by atoms with Crippen molar-refractivity contribution in [3.05, 3.63) is 48.0 Å². The molecule has 0 bridgehead atoms. The maximum atomic E-state index is 12.3. The van der Waals surface area contributed by atoms with Gasteiger partial charge in [0.15, 0.2) is 0 Å². The Morgan fingerprint density at radius 3 is 2.91 bits per heavy atom. The predicted octanol–water partition coefficient (Wildman–Crippen LogP) is 1.83. The minimum atomic E-state index is -0.341. The van der Waals surface area contributed by atoms with Gasteiger partial charge in [-0.3, -0.25) is 4.79 Å². The zero-order valence-corrected chi connectivity index (χ0v) is 12.9. The number of nitrogens with one attached hydrogen (secondary N) is 1. The first kappa shape index (κ1) is 15.0. The van der Waals surface area contributed by atoms with Crippen LogP contribution in [0.2, 0.25) is 0 Å². The molecule has 1 N–H and O–H groups in total. The molecule has 1 atom stereocenters. The fourth-order valence-corrected chi connectivity index (χ4v) is 2.88. The molecule has 1 aliphatic heterocycles. The SMILES string of the molecule is CN(CCc1cccc2ccccc12)C(=O)C1CNCCO1. The number of benzene rings is 2. The lowest BCUT2D eigenvalue weighted by molar-refractivity contribution is -0.143. The lowest BCUT2D eigenvalue weighted by atomic mass is 10.0. The van der Waals surface area contributed by atoms with E-state index in [2.05, 4.69) is 47.8 Å². The summed E-state index contributed by atoms with van der Waals surface area (Å²) in [5.74, 6) is 0.0624. The molecule has 2 aromatic rings. The number of fused-ring (bicyclic) bond motifs is 1.